The van der Waals surface area contributed by atoms with E-state index in [1.165, 1.54) is 12.1 Å². The number of halogens is 1. The fourth-order valence-corrected chi connectivity index (χ4v) is 4.69. The predicted octanol–water partition coefficient (Wildman–Crippen LogP) is 4.25. The van der Waals surface area contributed by atoms with Crippen molar-refractivity contribution in [2.24, 2.45) is 7.05 Å². The van der Waals surface area contributed by atoms with Crippen LogP contribution in [0.2, 0.25) is 0 Å². The van der Waals surface area contributed by atoms with E-state index in [9.17, 15) is 14.0 Å². The molecule has 0 bridgehead atoms. The zero-order valence-electron chi connectivity index (χ0n) is 20.3. The molecule has 2 amide bonds. The number of aryl methyl sites for hydroxylation is 1. The monoisotopic (exact) mass is 478 g/mol. The van der Waals surface area contributed by atoms with E-state index in [0.717, 1.165) is 19.3 Å². The van der Waals surface area contributed by atoms with Crippen LogP contribution < -0.4 is 10.1 Å². The van der Waals surface area contributed by atoms with Gasteiger partial charge >= 0.3 is 0 Å². The summed E-state index contributed by atoms with van der Waals surface area (Å²) in [6.45, 7) is 4.10. The molecule has 0 radical (unpaired) electrons. The molecule has 2 aromatic carbocycles. The third kappa shape index (κ3) is 5.70. The van der Waals surface area contributed by atoms with E-state index in [4.69, 9.17) is 4.74 Å². The number of imidazole rings is 1. The SMILES string of the molecule is C[C@@H]1CCC[C@@H](C)N1C(=O)COc1ccc(C(=O)N[C@@H](c2cccc(F)c2)c2nccn2C)cc1. The molecule has 0 saturated carbocycles. The van der Waals surface area contributed by atoms with E-state index in [0.29, 0.717) is 22.7 Å². The zero-order valence-corrected chi connectivity index (χ0v) is 20.3. The van der Waals surface area contributed by atoms with Gasteiger partial charge < -0.3 is 19.5 Å². The van der Waals surface area contributed by atoms with Crippen LogP contribution in [0, 0.1) is 5.82 Å². The molecule has 0 aliphatic carbocycles. The molecule has 1 aliphatic rings. The Balaban J connectivity index is 1.42. The van der Waals surface area contributed by atoms with E-state index in [-0.39, 0.29) is 36.3 Å². The lowest BCUT2D eigenvalue weighted by molar-refractivity contribution is -0.139. The number of likely N-dealkylation sites (tertiary alicyclic amines) is 1. The van der Waals surface area contributed by atoms with Gasteiger partial charge in [0.15, 0.2) is 6.61 Å². The van der Waals surface area contributed by atoms with E-state index < -0.39 is 6.04 Å². The topological polar surface area (TPSA) is 76.5 Å². The fourth-order valence-electron chi connectivity index (χ4n) is 4.69. The number of rotatable bonds is 7. The quantitative estimate of drug-likeness (QED) is 0.551. The highest BCUT2D eigenvalue weighted by atomic mass is 19.1. The lowest BCUT2D eigenvalue weighted by atomic mass is 9.97. The van der Waals surface area contributed by atoms with Crippen molar-refractivity contribution in [2.45, 2.75) is 51.2 Å². The fraction of sp³-hybridized carbons (Fsp3) is 0.370. The van der Waals surface area contributed by atoms with Crippen LogP contribution in [0.4, 0.5) is 4.39 Å². The molecule has 1 fully saturated rings. The lowest BCUT2D eigenvalue weighted by Crippen LogP contribution is -2.49. The number of nitrogens with zero attached hydrogens (tertiary/aromatic N) is 3. The first-order valence-electron chi connectivity index (χ1n) is 11.9. The van der Waals surface area contributed by atoms with Crippen LogP contribution in [0.5, 0.6) is 5.75 Å². The highest BCUT2D eigenvalue weighted by molar-refractivity contribution is 5.94. The molecule has 1 aliphatic heterocycles. The Labute approximate surface area is 204 Å². The standard InChI is InChI=1S/C27H31FN4O3/c1-18-6-4-7-19(2)32(18)24(33)17-35-23-12-10-20(11-13-23)27(34)30-25(26-29-14-15-31(26)3)21-8-5-9-22(28)16-21/h5,8-16,18-19,25H,4,6-7,17H2,1-3H3,(H,30,34)/t18-,19-,25+/m1/s1. The lowest BCUT2D eigenvalue weighted by Gasteiger charge is -2.38. The predicted molar refractivity (Wildman–Crippen MR) is 130 cm³/mol. The normalized spacial score (nSPS) is 18.7. The molecule has 35 heavy (non-hydrogen) atoms. The van der Waals surface area contributed by atoms with Crippen LogP contribution in [-0.4, -0.2) is 45.0 Å². The second-order valence-electron chi connectivity index (χ2n) is 9.10. The second-order valence-corrected chi connectivity index (χ2v) is 9.10. The van der Waals surface area contributed by atoms with Gasteiger partial charge in [0.05, 0.1) is 0 Å². The van der Waals surface area contributed by atoms with Crippen LogP contribution in [-0.2, 0) is 11.8 Å². The van der Waals surface area contributed by atoms with Crippen molar-refractivity contribution < 1.29 is 18.7 Å². The van der Waals surface area contributed by atoms with Gasteiger partial charge in [-0.25, -0.2) is 9.37 Å². The van der Waals surface area contributed by atoms with Gasteiger partial charge in [0, 0.05) is 37.1 Å². The summed E-state index contributed by atoms with van der Waals surface area (Å²) in [7, 11) is 1.82. The minimum atomic E-state index is -0.625. The molecule has 4 rings (SSSR count). The highest BCUT2D eigenvalue weighted by Crippen LogP contribution is 2.24. The Morgan fingerprint density at radius 2 is 1.86 bits per heavy atom. The van der Waals surface area contributed by atoms with Crippen LogP contribution in [0.25, 0.3) is 0 Å². The zero-order chi connectivity index (χ0) is 24.9. The van der Waals surface area contributed by atoms with E-state index in [1.807, 2.05) is 11.9 Å². The van der Waals surface area contributed by atoms with Gasteiger partial charge in [-0.15, -0.1) is 0 Å². The average molecular weight is 479 g/mol. The summed E-state index contributed by atoms with van der Waals surface area (Å²) in [5.41, 5.74) is 1.00. The summed E-state index contributed by atoms with van der Waals surface area (Å²) in [5, 5.41) is 2.95. The van der Waals surface area contributed by atoms with Crippen LogP contribution in [0.15, 0.2) is 60.9 Å². The number of hydrogen-bond acceptors (Lipinski definition) is 4. The molecule has 0 spiro atoms. The van der Waals surface area contributed by atoms with Gasteiger partial charge in [0.25, 0.3) is 11.8 Å². The average Bonchev–Trinajstić information content (AvgIpc) is 3.26. The summed E-state index contributed by atoms with van der Waals surface area (Å²) in [6, 6.07) is 12.5. The third-order valence-corrected chi connectivity index (χ3v) is 6.53. The van der Waals surface area contributed by atoms with Crippen molar-refractivity contribution in [3.05, 3.63) is 83.7 Å². The number of hydrogen-bond donors (Lipinski definition) is 1. The molecule has 0 unspecified atom stereocenters. The maximum atomic E-state index is 13.9. The molecule has 3 aromatic rings. The smallest absolute Gasteiger partial charge is 0.260 e. The van der Waals surface area contributed by atoms with Gasteiger partial charge in [-0.3, -0.25) is 9.59 Å². The van der Waals surface area contributed by atoms with Crippen molar-refractivity contribution in [3.8, 4) is 5.75 Å². The van der Waals surface area contributed by atoms with Crippen molar-refractivity contribution in [3.63, 3.8) is 0 Å². The Bertz CT molecular complexity index is 1170. The number of piperidine rings is 1. The van der Waals surface area contributed by atoms with Gasteiger partial charge in [-0.2, -0.15) is 0 Å². The number of amides is 2. The molecular formula is C27H31FN4O3. The Hall–Kier alpha value is -3.68. The van der Waals surface area contributed by atoms with E-state index in [2.05, 4.69) is 24.1 Å². The third-order valence-electron chi connectivity index (χ3n) is 6.53. The van der Waals surface area contributed by atoms with Crippen molar-refractivity contribution in [1.29, 1.82) is 0 Å². The van der Waals surface area contributed by atoms with Crippen LogP contribution >= 0.6 is 0 Å². The maximum Gasteiger partial charge on any atom is 0.260 e. The molecule has 8 heteroatoms. The Morgan fingerprint density at radius 1 is 1.14 bits per heavy atom. The minimum Gasteiger partial charge on any atom is -0.484 e. The molecule has 7 nitrogen and oxygen atoms in total. The summed E-state index contributed by atoms with van der Waals surface area (Å²) in [4.78, 5) is 32.0. The van der Waals surface area contributed by atoms with Crippen LogP contribution in [0.3, 0.4) is 0 Å². The maximum absolute atomic E-state index is 13.9. The molecule has 1 N–H and O–H groups in total. The number of aromatic nitrogens is 2. The first kappa shape index (κ1) is 24.4. The summed E-state index contributed by atoms with van der Waals surface area (Å²) >= 11 is 0. The molecule has 3 atom stereocenters. The summed E-state index contributed by atoms with van der Waals surface area (Å²) in [6.07, 6.45) is 6.56. The first-order chi connectivity index (χ1) is 16.8. The van der Waals surface area contributed by atoms with Crippen molar-refractivity contribution >= 4 is 11.8 Å². The number of carbonyl (C=O) groups excluding carboxylic acids is 2. The number of carbonyl (C=O) groups is 2. The van der Waals surface area contributed by atoms with Crippen LogP contribution in [0.1, 0.15) is 60.9 Å². The first-order valence-corrected chi connectivity index (χ1v) is 11.9. The van der Waals surface area contributed by atoms with E-state index in [1.54, 1.807) is 53.4 Å². The Kier molecular flexibility index (Phi) is 7.48. The van der Waals surface area contributed by atoms with Crippen molar-refractivity contribution in [2.75, 3.05) is 6.61 Å². The Morgan fingerprint density at radius 3 is 2.49 bits per heavy atom. The van der Waals surface area contributed by atoms with Crippen molar-refractivity contribution in [1.82, 2.24) is 19.8 Å². The van der Waals surface area contributed by atoms with Gasteiger partial charge in [0.2, 0.25) is 0 Å². The minimum absolute atomic E-state index is 0.0282. The van der Waals surface area contributed by atoms with E-state index >= 15 is 0 Å². The number of nitrogens with one attached hydrogen (secondary N) is 1. The summed E-state index contributed by atoms with van der Waals surface area (Å²) in [5.74, 6) is 0.349. The second kappa shape index (κ2) is 10.7. The number of ether oxygens (including phenoxy) is 1. The largest absolute Gasteiger partial charge is 0.484 e. The molecule has 2 heterocycles. The molecular weight excluding hydrogens is 447 g/mol. The van der Waals surface area contributed by atoms with Gasteiger partial charge in [-0.1, -0.05) is 12.1 Å². The summed E-state index contributed by atoms with van der Waals surface area (Å²) < 4.78 is 21.4. The highest BCUT2D eigenvalue weighted by Gasteiger charge is 2.29. The molecule has 1 saturated heterocycles. The van der Waals surface area contributed by atoms with Gasteiger partial charge in [0.1, 0.15) is 23.4 Å². The number of benzene rings is 2. The molecule has 184 valence electrons. The molecule has 1 aromatic heterocycles. The van der Waals surface area contributed by atoms with Gasteiger partial charge in [-0.05, 0) is 75.1 Å².